The van der Waals surface area contributed by atoms with Crippen LogP contribution < -0.4 is 5.32 Å². The van der Waals surface area contributed by atoms with Crippen LogP contribution in [0.25, 0.3) is 0 Å². The number of nitrogens with one attached hydrogen (secondary N) is 1. The standard InChI is InChI=1S/C20H29F3N4O2/c1-2-24-19(27-8-7-17(28)14-27)25-13-18(26-9-11-29-12-10-26)15-3-5-16(6-4-15)20(21,22)23/h3-6,17-18,28H,2,7-14H2,1H3,(H,24,25)/t17-,18?/m1/s1. The number of benzene rings is 1. The molecule has 2 aliphatic rings. The van der Waals surface area contributed by atoms with Gasteiger partial charge in [-0.15, -0.1) is 0 Å². The molecule has 29 heavy (non-hydrogen) atoms. The van der Waals surface area contributed by atoms with E-state index in [0.29, 0.717) is 52.4 Å². The largest absolute Gasteiger partial charge is 0.416 e. The Morgan fingerprint density at radius 3 is 2.48 bits per heavy atom. The van der Waals surface area contributed by atoms with E-state index >= 15 is 0 Å². The topological polar surface area (TPSA) is 60.3 Å². The third-order valence-corrected chi connectivity index (χ3v) is 5.32. The minimum absolute atomic E-state index is 0.137. The number of morpholine rings is 1. The number of hydrogen-bond donors (Lipinski definition) is 2. The Labute approximate surface area is 169 Å². The summed E-state index contributed by atoms with van der Waals surface area (Å²) in [6.07, 6.45) is -4.00. The van der Waals surface area contributed by atoms with Crippen molar-refractivity contribution in [2.45, 2.75) is 31.7 Å². The Balaban J connectivity index is 1.81. The summed E-state index contributed by atoms with van der Waals surface area (Å²) < 4.78 is 44.2. The maximum Gasteiger partial charge on any atom is 0.416 e. The van der Waals surface area contributed by atoms with Gasteiger partial charge in [-0.1, -0.05) is 12.1 Å². The van der Waals surface area contributed by atoms with E-state index in [1.165, 1.54) is 0 Å². The van der Waals surface area contributed by atoms with Gasteiger partial charge in [0.1, 0.15) is 0 Å². The molecular formula is C20H29F3N4O2. The van der Waals surface area contributed by atoms with E-state index in [-0.39, 0.29) is 12.1 Å². The maximum atomic E-state index is 12.9. The monoisotopic (exact) mass is 414 g/mol. The number of aliphatic imine (C=N–C) groups is 1. The Hall–Kier alpha value is -1.84. The van der Waals surface area contributed by atoms with Gasteiger partial charge in [-0.25, -0.2) is 0 Å². The molecule has 2 saturated heterocycles. The minimum atomic E-state index is -4.35. The van der Waals surface area contributed by atoms with Crippen molar-refractivity contribution in [3.63, 3.8) is 0 Å². The zero-order valence-corrected chi connectivity index (χ0v) is 16.7. The number of aliphatic hydroxyl groups is 1. The van der Waals surface area contributed by atoms with Crippen molar-refractivity contribution in [3.8, 4) is 0 Å². The summed E-state index contributed by atoms with van der Waals surface area (Å²) in [6.45, 7) is 6.98. The number of halogens is 3. The molecule has 0 aliphatic carbocycles. The fourth-order valence-electron chi connectivity index (χ4n) is 3.75. The van der Waals surface area contributed by atoms with Crippen molar-refractivity contribution in [3.05, 3.63) is 35.4 Å². The van der Waals surface area contributed by atoms with E-state index < -0.39 is 11.7 Å². The average Bonchev–Trinajstić information content (AvgIpc) is 3.14. The highest BCUT2D eigenvalue weighted by Gasteiger charge is 2.31. The zero-order chi connectivity index (χ0) is 20.9. The van der Waals surface area contributed by atoms with Crippen LogP contribution in [-0.4, -0.2) is 79.5 Å². The van der Waals surface area contributed by atoms with Gasteiger partial charge in [-0.2, -0.15) is 13.2 Å². The van der Waals surface area contributed by atoms with E-state index in [1.807, 2.05) is 11.8 Å². The molecule has 3 rings (SSSR count). The smallest absolute Gasteiger partial charge is 0.391 e. The van der Waals surface area contributed by atoms with Crippen molar-refractivity contribution in [1.82, 2.24) is 15.1 Å². The maximum absolute atomic E-state index is 12.9. The number of β-amino-alcohol motifs (C(OH)–C–C–N with tert-alkyl or cyclic N) is 1. The lowest BCUT2D eigenvalue weighted by molar-refractivity contribution is -0.137. The first-order valence-electron chi connectivity index (χ1n) is 10.1. The summed E-state index contributed by atoms with van der Waals surface area (Å²) in [5.74, 6) is 0.731. The molecule has 2 fully saturated rings. The van der Waals surface area contributed by atoms with Crippen LogP contribution in [-0.2, 0) is 10.9 Å². The lowest BCUT2D eigenvalue weighted by atomic mass is 10.0. The summed E-state index contributed by atoms with van der Waals surface area (Å²) in [5, 5.41) is 13.1. The number of alkyl halides is 3. The molecule has 0 bridgehead atoms. The van der Waals surface area contributed by atoms with Crippen molar-refractivity contribution in [2.75, 3.05) is 52.5 Å². The molecule has 1 aromatic rings. The molecule has 0 saturated carbocycles. The van der Waals surface area contributed by atoms with E-state index in [4.69, 9.17) is 9.73 Å². The first kappa shape index (κ1) is 21.9. The Morgan fingerprint density at radius 1 is 1.24 bits per heavy atom. The van der Waals surface area contributed by atoms with Crippen LogP contribution in [0.1, 0.15) is 30.5 Å². The average molecular weight is 414 g/mol. The predicted molar refractivity (Wildman–Crippen MR) is 105 cm³/mol. The lowest BCUT2D eigenvalue weighted by Crippen LogP contribution is -2.43. The molecule has 6 nitrogen and oxygen atoms in total. The van der Waals surface area contributed by atoms with Crippen molar-refractivity contribution < 1.29 is 23.0 Å². The molecular weight excluding hydrogens is 385 g/mol. The summed E-state index contributed by atoms with van der Waals surface area (Å²) in [5.41, 5.74) is 0.158. The number of aliphatic hydroxyl groups excluding tert-OH is 1. The second-order valence-corrected chi connectivity index (χ2v) is 7.37. The molecule has 2 aliphatic heterocycles. The van der Waals surface area contributed by atoms with Crippen molar-refractivity contribution in [1.29, 1.82) is 0 Å². The lowest BCUT2D eigenvalue weighted by Gasteiger charge is -2.34. The van der Waals surface area contributed by atoms with Crippen LogP contribution in [0.3, 0.4) is 0 Å². The fraction of sp³-hybridized carbons (Fsp3) is 0.650. The second kappa shape index (κ2) is 9.77. The summed E-state index contributed by atoms with van der Waals surface area (Å²) >= 11 is 0. The molecule has 2 N–H and O–H groups in total. The molecule has 2 heterocycles. The molecule has 2 atom stereocenters. The van der Waals surface area contributed by atoms with Crippen LogP contribution >= 0.6 is 0 Å². The predicted octanol–water partition coefficient (Wildman–Crippen LogP) is 2.11. The highest BCUT2D eigenvalue weighted by Crippen LogP contribution is 2.31. The Morgan fingerprint density at radius 2 is 1.93 bits per heavy atom. The van der Waals surface area contributed by atoms with Crippen LogP contribution in [0.2, 0.25) is 0 Å². The number of rotatable bonds is 5. The summed E-state index contributed by atoms with van der Waals surface area (Å²) in [4.78, 5) is 9.00. The van der Waals surface area contributed by atoms with E-state index in [9.17, 15) is 18.3 Å². The number of guanidine groups is 1. The summed E-state index contributed by atoms with van der Waals surface area (Å²) in [7, 11) is 0. The van der Waals surface area contributed by atoms with E-state index in [1.54, 1.807) is 12.1 Å². The number of likely N-dealkylation sites (tertiary alicyclic amines) is 1. The van der Waals surface area contributed by atoms with Gasteiger partial charge in [0, 0.05) is 32.7 Å². The van der Waals surface area contributed by atoms with Gasteiger partial charge >= 0.3 is 6.18 Å². The Bertz CT molecular complexity index is 675. The van der Waals surface area contributed by atoms with Crippen LogP contribution in [0.5, 0.6) is 0 Å². The third kappa shape index (κ3) is 5.83. The molecule has 0 spiro atoms. The van der Waals surface area contributed by atoms with E-state index in [2.05, 4.69) is 10.2 Å². The first-order chi connectivity index (χ1) is 13.9. The van der Waals surface area contributed by atoms with Gasteiger partial charge in [-0.3, -0.25) is 9.89 Å². The van der Waals surface area contributed by atoms with Gasteiger partial charge in [0.2, 0.25) is 0 Å². The molecule has 1 aromatic carbocycles. The summed E-state index contributed by atoms with van der Waals surface area (Å²) in [6, 6.07) is 5.22. The SMILES string of the molecule is CCNC(=NCC(c1ccc(C(F)(F)F)cc1)N1CCOCC1)N1CC[C@@H](O)C1. The van der Waals surface area contributed by atoms with Gasteiger partial charge in [-0.05, 0) is 31.0 Å². The fourth-order valence-corrected chi connectivity index (χ4v) is 3.75. The Kier molecular flexibility index (Phi) is 7.37. The highest BCUT2D eigenvalue weighted by atomic mass is 19.4. The number of nitrogens with zero attached hydrogens (tertiary/aromatic N) is 3. The molecule has 0 aromatic heterocycles. The van der Waals surface area contributed by atoms with Crippen LogP contribution in [0.15, 0.2) is 29.3 Å². The van der Waals surface area contributed by atoms with E-state index in [0.717, 1.165) is 30.2 Å². The number of ether oxygens (including phenoxy) is 1. The minimum Gasteiger partial charge on any atom is -0.391 e. The molecule has 9 heteroatoms. The molecule has 0 radical (unpaired) electrons. The third-order valence-electron chi connectivity index (χ3n) is 5.32. The van der Waals surface area contributed by atoms with Crippen molar-refractivity contribution in [2.24, 2.45) is 4.99 Å². The number of hydrogen-bond acceptors (Lipinski definition) is 4. The van der Waals surface area contributed by atoms with Gasteiger partial charge in [0.15, 0.2) is 5.96 Å². The van der Waals surface area contributed by atoms with Crippen molar-refractivity contribution >= 4 is 5.96 Å². The molecule has 0 amide bonds. The van der Waals surface area contributed by atoms with Gasteiger partial charge in [0.25, 0.3) is 0 Å². The van der Waals surface area contributed by atoms with Gasteiger partial charge < -0.3 is 20.1 Å². The quantitative estimate of drug-likeness (QED) is 0.571. The normalized spacial score (nSPS) is 22.7. The van der Waals surface area contributed by atoms with Gasteiger partial charge in [0.05, 0.1) is 37.5 Å². The highest BCUT2D eigenvalue weighted by molar-refractivity contribution is 5.80. The van der Waals surface area contributed by atoms with Crippen LogP contribution in [0.4, 0.5) is 13.2 Å². The second-order valence-electron chi connectivity index (χ2n) is 7.37. The molecule has 162 valence electrons. The molecule has 1 unspecified atom stereocenters. The zero-order valence-electron chi connectivity index (χ0n) is 16.7. The first-order valence-corrected chi connectivity index (χ1v) is 10.1. The van der Waals surface area contributed by atoms with Crippen LogP contribution in [0, 0.1) is 0 Å².